The number of aromatic amines is 1. The van der Waals surface area contributed by atoms with Gasteiger partial charge in [-0.2, -0.15) is 0 Å². The lowest BCUT2D eigenvalue weighted by Gasteiger charge is -2.07. The van der Waals surface area contributed by atoms with Crippen molar-refractivity contribution in [3.05, 3.63) is 27.7 Å². The number of hydrogen-bond acceptors (Lipinski definition) is 3. The second kappa shape index (κ2) is 4.19. The molecule has 0 unspecified atom stereocenters. The summed E-state index contributed by atoms with van der Waals surface area (Å²) in [7, 11) is 1.27. The second-order valence-electron chi connectivity index (χ2n) is 2.56. The summed E-state index contributed by atoms with van der Waals surface area (Å²) in [5, 5.41) is 8.77. The Morgan fingerprint density at radius 1 is 1.64 bits per heavy atom. The van der Waals surface area contributed by atoms with Crippen LogP contribution in [0.25, 0.3) is 0 Å². The van der Waals surface area contributed by atoms with Gasteiger partial charge in [0.15, 0.2) is 0 Å². The Labute approximate surface area is 78.1 Å². The maximum atomic E-state index is 12.2. The molecule has 0 aliphatic heterocycles. The quantitative estimate of drug-likeness (QED) is 0.767. The van der Waals surface area contributed by atoms with E-state index in [2.05, 4.69) is 4.98 Å². The zero-order valence-corrected chi connectivity index (χ0v) is 7.38. The number of nitrogens with one attached hydrogen (secondary N) is 1. The van der Waals surface area contributed by atoms with Gasteiger partial charge in [0.2, 0.25) is 0 Å². The molecule has 0 spiro atoms. The first-order valence-corrected chi connectivity index (χ1v) is 3.79. The standard InChI is InChI=1S/C8H9F2NO3/c1-14-6-2-4(7(9)10)8(13)11-5(6)3-12/h2,7,12H,3H2,1H3,(H,11,13). The number of hydrogen-bond donors (Lipinski definition) is 2. The molecule has 0 aromatic carbocycles. The van der Waals surface area contributed by atoms with Crippen LogP contribution in [-0.2, 0) is 6.61 Å². The molecule has 0 atom stereocenters. The van der Waals surface area contributed by atoms with Crippen molar-refractivity contribution >= 4 is 0 Å². The third-order valence-corrected chi connectivity index (χ3v) is 1.72. The molecular weight excluding hydrogens is 196 g/mol. The molecular formula is C8H9F2NO3. The zero-order valence-electron chi connectivity index (χ0n) is 7.38. The fourth-order valence-corrected chi connectivity index (χ4v) is 1.03. The molecule has 0 aliphatic rings. The Morgan fingerprint density at radius 2 is 2.29 bits per heavy atom. The minimum atomic E-state index is -2.86. The van der Waals surface area contributed by atoms with E-state index in [1.807, 2.05) is 0 Å². The molecule has 0 saturated carbocycles. The third kappa shape index (κ3) is 1.90. The maximum absolute atomic E-state index is 12.2. The van der Waals surface area contributed by atoms with Crippen molar-refractivity contribution in [2.24, 2.45) is 0 Å². The van der Waals surface area contributed by atoms with Crippen LogP contribution in [0, 0.1) is 0 Å². The predicted molar refractivity (Wildman–Crippen MR) is 44.5 cm³/mol. The smallest absolute Gasteiger partial charge is 0.269 e. The minimum absolute atomic E-state index is 0.0439. The van der Waals surface area contributed by atoms with Gasteiger partial charge in [-0.05, 0) is 6.07 Å². The summed E-state index contributed by atoms with van der Waals surface area (Å²) in [6.45, 7) is -0.470. The first-order chi connectivity index (χ1) is 6.60. The highest BCUT2D eigenvalue weighted by atomic mass is 19.3. The highest BCUT2D eigenvalue weighted by Gasteiger charge is 2.15. The van der Waals surface area contributed by atoms with Gasteiger partial charge in [0.05, 0.1) is 25.0 Å². The van der Waals surface area contributed by atoms with E-state index >= 15 is 0 Å². The van der Waals surface area contributed by atoms with Gasteiger partial charge in [-0.1, -0.05) is 0 Å². The van der Waals surface area contributed by atoms with Gasteiger partial charge in [-0.3, -0.25) is 4.79 Å². The molecule has 6 heteroatoms. The summed E-state index contributed by atoms with van der Waals surface area (Å²) in [6, 6.07) is 0.926. The number of aromatic nitrogens is 1. The molecule has 0 radical (unpaired) electrons. The van der Waals surface area contributed by atoms with E-state index in [1.165, 1.54) is 7.11 Å². The first-order valence-electron chi connectivity index (χ1n) is 3.79. The molecule has 14 heavy (non-hydrogen) atoms. The number of rotatable bonds is 3. The van der Waals surface area contributed by atoms with Gasteiger partial charge in [-0.15, -0.1) is 0 Å². The Balaban J connectivity index is 3.31. The average Bonchev–Trinajstić information content (AvgIpc) is 2.16. The van der Waals surface area contributed by atoms with Gasteiger partial charge in [0.25, 0.3) is 12.0 Å². The van der Waals surface area contributed by atoms with Gasteiger partial charge in [-0.25, -0.2) is 8.78 Å². The number of alkyl halides is 2. The highest BCUT2D eigenvalue weighted by Crippen LogP contribution is 2.21. The van der Waals surface area contributed by atoms with Crippen molar-refractivity contribution in [2.75, 3.05) is 7.11 Å². The molecule has 2 N–H and O–H groups in total. The van der Waals surface area contributed by atoms with Crippen LogP contribution in [-0.4, -0.2) is 17.2 Å². The van der Waals surface area contributed by atoms with Crippen molar-refractivity contribution in [2.45, 2.75) is 13.0 Å². The Kier molecular flexibility index (Phi) is 3.19. The molecule has 1 rings (SSSR count). The van der Waals surface area contributed by atoms with E-state index < -0.39 is 24.2 Å². The normalized spacial score (nSPS) is 10.6. The summed E-state index contributed by atoms with van der Waals surface area (Å²) in [6.07, 6.45) is -2.86. The fraction of sp³-hybridized carbons (Fsp3) is 0.375. The van der Waals surface area contributed by atoms with Crippen LogP contribution < -0.4 is 10.3 Å². The third-order valence-electron chi connectivity index (χ3n) is 1.72. The summed E-state index contributed by atoms with van der Waals surface area (Å²) in [4.78, 5) is 13.1. The average molecular weight is 205 g/mol. The summed E-state index contributed by atoms with van der Waals surface area (Å²) in [5.74, 6) is 0.0439. The van der Waals surface area contributed by atoms with Crippen LogP contribution in [0.15, 0.2) is 10.9 Å². The Bertz CT molecular complexity index is 375. The number of ether oxygens (including phenoxy) is 1. The van der Waals surface area contributed by atoms with Crippen LogP contribution in [0.2, 0.25) is 0 Å². The number of aliphatic hydroxyl groups is 1. The molecule has 1 aromatic heterocycles. The van der Waals surface area contributed by atoms with E-state index in [0.717, 1.165) is 6.07 Å². The van der Waals surface area contributed by atoms with Gasteiger partial charge in [0, 0.05) is 0 Å². The molecule has 4 nitrogen and oxygen atoms in total. The monoisotopic (exact) mass is 205 g/mol. The molecule has 1 aromatic rings. The van der Waals surface area contributed by atoms with Crippen molar-refractivity contribution in [1.82, 2.24) is 4.98 Å². The van der Waals surface area contributed by atoms with E-state index in [1.54, 1.807) is 0 Å². The van der Waals surface area contributed by atoms with E-state index in [9.17, 15) is 13.6 Å². The SMILES string of the molecule is COc1cc(C(F)F)c(=O)[nH]c1CO. The summed E-state index contributed by atoms with van der Waals surface area (Å²) >= 11 is 0. The largest absolute Gasteiger partial charge is 0.495 e. The molecule has 78 valence electrons. The lowest BCUT2D eigenvalue weighted by atomic mass is 10.2. The molecule has 0 fully saturated rings. The van der Waals surface area contributed by atoms with Crippen LogP contribution in [0.1, 0.15) is 17.7 Å². The van der Waals surface area contributed by atoms with Gasteiger partial charge >= 0.3 is 0 Å². The van der Waals surface area contributed by atoms with Crippen molar-refractivity contribution < 1.29 is 18.6 Å². The topological polar surface area (TPSA) is 62.3 Å². The van der Waals surface area contributed by atoms with E-state index in [-0.39, 0.29) is 11.4 Å². The summed E-state index contributed by atoms with van der Waals surface area (Å²) < 4.78 is 29.2. The van der Waals surface area contributed by atoms with Gasteiger partial charge < -0.3 is 14.8 Å². The van der Waals surface area contributed by atoms with Crippen LogP contribution in [0.5, 0.6) is 5.75 Å². The molecule has 0 aliphatic carbocycles. The molecule has 1 heterocycles. The van der Waals surface area contributed by atoms with Crippen molar-refractivity contribution in [1.29, 1.82) is 0 Å². The second-order valence-corrected chi connectivity index (χ2v) is 2.56. The predicted octanol–water partition coefficient (Wildman–Crippen LogP) is 0.813. The Morgan fingerprint density at radius 3 is 2.71 bits per heavy atom. The number of pyridine rings is 1. The molecule has 0 saturated heterocycles. The van der Waals surface area contributed by atoms with Crippen LogP contribution in [0.3, 0.4) is 0 Å². The maximum Gasteiger partial charge on any atom is 0.269 e. The van der Waals surface area contributed by atoms with Crippen molar-refractivity contribution in [3.63, 3.8) is 0 Å². The van der Waals surface area contributed by atoms with Gasteiger partial charge in [0.1, 0.15) is 5.75 Å². The molecule has 0 amide bonds. The lowest BCUT2D eigenvalue weighted by Crippen LogP contribution is -2.16. The molecule has 0 bridgehead atoms. The summed E-state index contributed by atoms with van der Waals surface area (Å²) in [5.41, 5.74) is -1.49. The first kappa shape index (κ1) is 10.6. The number of methoxy groups -OCH3 is 1. The number of halogens is 2. The zero-order chi connectivity index (χ0) is 10.7. The minimum Gasteiger partial charge on any atom is -0.495 e. The van der Waals surface area contributed by atoms with Crippen LogP contribution in [0.4, 0.5) is 8.78 Å². The van der Waals surface area contributed by atoms with Crippen molar-refractivity contribution in [3.8, 4) is 5.75 Å². The number of aliphatic hydroxyl groups excluding tert-OH is 1. The Hall–Kier alpha value is -1.43. The van der Waals surface area contributed by atoms with E-state index in [0.29, 0.717) is 0 Å². The fourth-order valence-electron chi connectivity index (χ4n) is 1.03. The van der Waals surface area contributed by atoms with Crippen LogP contribution >= 0.6 is 0 Å². The number of H-pyrrole nitrogens is 1. The lowest BCUT2D eigenvalue weighted by molar-refractivity contribution is 0.148. The highest BCUT2D eigenvalue weighted by molar-refractivity contribution is 5.31. The van der Waals surface area contributed by atoms with E-state index in [4.69, 9.17) is 9.84 Å².